The molecule has 2 atom stereocenters. The second-order valence-electron chi connectivity index (χ2n) is 8.31. The third-order valence-electron chi connectivity index (χ3n) is 5.74. The third-order valence-corrected chi connectivity index (χ3v) is 5.74. The van der Waals surface area contributed by atoms with Crippen molar-refractivity contribution in [3.63, 3.8) is 0 Å². The van der Waals surface area contributed by atoms with Crippen molar-refractivity contribution in [3.8, 4) is 0 Å². The first kappa shape index (κ1) is 25.3. The molecule has 1 aliphatic carbocycles. The molecule has 1 aromatic carbocycles. The largest absolute Gasteiger partial charge is 0.481 e. The number of carbonyl (C=O) groups is 3. The molecule has 7 nitrogen and oxygen atoms in total. The molecule has 3 N–H and O–H groups in total. The summed E-state index contributed by atoms with van der Waals surface area (Å²) in [5, 5.41) is 16.4. The second-order valence-corrected chi connectivity index (χ2v) is 8.31. The fraction of sp³-hybridized carbons (Fsp3) is 0.520. The summed E-state index contributed by atoms with van der Waals surface area (Å²) in [6, 6.07) is 7.15. The average Bonchev–Trinajstić information content (AvgIpc) is 2.79. The van der Waals surface area contributed by atoms with E-state index in [1.807, 2.05) is 18.2 Å². The summed E-state index contributed by atoms with van der Waals surface area (Å²) >= 11 is 0. The van der Waals surface area contributed by atoms with Crippen LogP contribution in [0.1, 0.15) is 77.2 Å². The van der Waals surface area contributed by atoms with Crippen molar-refractivity contribution in [3.05, 3.63) is 42.0 Å². The van der Waals surface area contributed by atoms with E-state index < -0.39 is 17.8 Å². The molecule has 32 heavy (non-hydrogen) atoms. The maximum absolute atomic E-state index is 12.7. The highest BCUT2D eigenvalue weighted by atomic mass is 16.4. The number of unbranched alkanes of at least 4 members (excludes halogenated alkanes) is 5. The van der Waals surface area contributed by atoms with Crippen molar-refractivity contribution in [2.45, 2.75) is 71.6 Å². The monoisotopic (exact) mass is 441 g/mol. The van der Waals surface area contributed by atoms with Crippen LogP contribution in [-0.2, 0) is 14.4 Å². The highest BCUT2D eigenvalue weighted by Crippen LogP contribution is 2.27. The molecule has 7 heteroatoms. The maximum atomic E-state index is 12.7. The van der Waals surface area contributed by atoms with Crippen LogP contribution in [0.5, 0.6) is 0 Å². The Balaban J connectivity index is 1.88. The molecule has 0 bridgehead atoms. The van der Waals surface area contributed by atoms with E-state index >= 15 is 0 Å². The Labute approximate surface area is 190 Å². The Morgan fingerprint density at radius 3 is 2.44 bits per heavy atom. The summed E-state index contributed by atoms with van der Waals surface area (Å²) in [4.78, 5) is 36.1. The van der Waals surface area contributed by atoms with Crippen LogP contribution < -0.4 is 10.7 Å². The summed E-state index contributed by atoms with van der Waals surface area (Å²) in [5.74, 6) is -2.68. The zero-order chi connectivity index (χ0) is 23.3. The van der Waals surface area contributed by atoms with Crippen LogP contribution in [0.2, 0.25) is 0 Å². The quantitative estimate of drug-likeness (QED) is 0.186. The van der Waals surface area contributed by atoms with Crippen LogP contribution in [0.15, 0.2) is 41.5 Å². The number of carboxylic acid groups (broad SMARTS) is 1. The summed E-state index contributed by atoms with van der Waals surface area (Å²) < 4.78 is 0. The second kappa shape index (κ2) is 13.5. The van der Waals surface area contributed by atoms with Gasteiger partial charge in [-0.2, -0.15) is 5.10 Å². The van der Waals surface area contributed by atoms with Crippen LogP contribution in [-0.4, -0.2) is 28.6 Å². The van der Waals surface area contributed by atoms with E-state index in [-0.39, 0.29) is 11.8 Å². The van der Waals surface area contributed by atoms with Crippen LogP contribution in [0.3, 0.4) is 0 Å². The number of amides is 2. The lowest BCUT2D eigenvalue weighted by Crippen LogP contribution is -2.34. The molecule has 0 saturated heterocycles. The lowest BCUT2D eigenvalue weighted by atomic mass is 9.82. The van der Waals surface area contributed by atoms with Gasteiger partial charge in [0.05, 0.1) is 17.5 Å². The van der Waals surface area contributed by atoms with Crippen LogP contribution >= 0.6 is 0 Å². The number of allylic oxidation sites excluding steroid dienone is 2. The number of hydrazone groups is 1. The standard InChI is InChI=1S/C25H35N3O4/c1-3-4-5-6-7-8-16-23(29)28-27-18(2)19-12-11-13-20(17-19)26-24(30)21-14-9-10-15-22(21)25(31)32/h9-13,17,21-22H,3-8,14-16H2,1-2H3,(H,26,30)(H,28,29)(H,31,32)/b27-18+. The molecule has 0 aliphatic heterocycles. The van der Waals surface area contributed by atoms with Gasteiger partial charge in [0.25, 0.3) is 0 Å². The van der Waals surface area contributed by atoms with Gasteiger partial charge in [-0.25, -0.2) is 5.43 Å². The third kappa shape index (κ3) is 8.29. The highest BCUT2D eigenvalue weighted by molar-refractivity contribution is 6.01. The SMILES string of the molecule is CCCCCCCCC(=O)N/N=C(\C)c1cccc(NC(=O)C2CC=CCC2C(=O)O)c1. The Morgan fingerprint density at radius 2 is 1.72 bits per heavy atom. The predicted molar refractivity (Wildman–Crippen MR) is 126 cm³/mol. The first-order valence-electron chi connectivity index (χ1n) is 11.5. The van der Waals surface area contributed by atoms with Gasteiger partial charge in [-0.1, -0.05) is 63.3 Å². The van der Waals surface area contributed by atoms with E-state index in [1.165, 1.54) is 19.3 Å². The number of benzene rings is 1. The summed E-state index contributed by atoms with van der Waals surface area (Å²) in [5.41, 5.74) is 4.56. The molecule has 0 fully saturated rings. The smallest absolute Gasteiger partial charge is 0.307 e. The number of aliphatic carboxylic acids is 1. The Morgan fingerprint density at radius 1 is 1.03 bits per heavy atom. The number of nitrogens with zero attached hydrogens (tertiary/aromatic N) is 1. The number of rotatable bonds is 12. The molecule has 174 valence electrons. The first-order chi connectivity index (χ1) is 15.4. The van der Waals surface area contributed by atoms with Gasteiger partial charge in [0.15, 0.2) is 0 Å². The minimum absolute atomic E-state index is 0.102. The molecule has 2 rings (SSSR count). The first-order valence-corrected chi connectivity index (χ1v) is 11.5. The number of anilines is 1. The molecule has 0 aromatic heterocycles. The minimum Gasteiger partial charge on any atom is -0.481 e. The zero-order valence-electron chi connectivity index (χ0n) is 19.1. The van der Waals surface area contributed by atoms with Crippen molar-refractivity contribution in [1.29, 1.82) is 0 Å². The lowest BCUT2D eigenvalue weighted by molar-refractivity contribution is -0.146. The van der Waals surface area contributed by atoms with Gasteiger partial charge in [-0.15, -0.1) is 0 Å². The van der Waals surface area contributed by atoms with Gasteiger partial charge in [0.2, 0.25) is 11.8 Å². The zero-order valence-corrected chi connectivity index (χ0v) is 19.1. The van der Waals surface area contributed by atoms with Crippen LogP contribution in [0.4, 0.5) is 5.69 Å². The van der Waals surface area contributed by atoms with E-state index in [0.717, 1.165) is 24.8 Å². The van der Waals surface area contributed by atoms with E-state index in [0.29, 0.717) is 30.7 Å². The summed E-state index contributed by atoms with van der Waals surface area (Å²) in [7, 11) is 0. The Bertz CT molecular complexity index is 847. The molecule has 2 unspecified atom stereocenters. The van der Waals surface area contributed by atoms with Gasteiger partial charge in [0.1, 0.15) is 0 Å². The van der Waals surface area contributed by atoms with Crippen molar-refractivity contribution in [2.24, 2.45) is 16.9 Å². The molecule has 0 saturated carbocycles. The lowest BCUT2D eigenvalue weighted by Gasteiger charge is -2.24. The Hall–Kier alpha value is -2.96. The number of nitrogens with one attached hydrogen (secondary N) is 2. The molecule has 1 aromatic rings. The van der Waals surface area contributed by atoms with E-state index in [4.69, 9.17) is 0 Å². The normalized spacial score (nSPS) is 18.2. The molecule has 2 amide bonds. The fourth-order valence-corrected chi connectivity index (χ4v) is 3.77. The fourth-order valence-electron chi connectivity index (χ4n) is 3.77. The molecule has 0 heterocycles. The van der Waals surface area contributed by atoms with Crippen molar-refractivity contribution < 1.29 is 19.5 Å². The van der Waals surface area contributed by atoms with Crippen molar-refractivity contribution in [1.82, 2.24) is 5.43 Å². The van der Waals surface area contributed by atoms with Gasteiger partial charge in [-0.05, 0) is 43.9 Å². The van der Waals surface area contributed by atoms with Gasteiger partial charge in [-0.3, -0.25) is 14.4 Å². The minimum atomic E-state index is -0.956. The van der Waals surface area contributed by atoms with Gasteiger partial charge >= 0.3 is 5.97 Å². The summed E-state index contributed by atoms with van der Waals surface area (Å²) in [6.07, 6.45) is 11.6. The number of carbonyl (C=O) groups excluding carboxylic acids is 2. The topological polar surface area (TPSA) is 108 Å². The van der Waals surface area contributed by atoms with Gasteiger partial charge < -0.3 is 10.4 Å². The molecule has 0 radical (unpaired) electrons. The molecule has 0 spiro atoms. The van der Waals surface area contributed by atoms with E-state index in [2.05, 4.69) is 22.8 Å². The average molecular weight is 442 g/mol. The van der Waals surface area contributed by atoms with E-state index in [9.17, 15) is 19.5 Å². The molecule has 1 aliphatic rings. The van der Waals surface area contributed by atoms with Crippen molar-refractivity contribution in [2.75, 3.05) is 5.32 Å². The Kier molecular flexibility index (Phi) is 10.6. The summed E-state index contributed by atoms with van der Waals surface area (Å²) in [6.45, 7) is 3.97. The van der Waals surface area contributed by atoms with E-state index in [1.54, 1.807) is 25.1 Å². The highest BCUT2D eigenvalue weighted by Gasteiger charge is 2.33. The number of hydrogen-bond acceptors (Lipinski definition) is 4. The number of carboxylic acids is 1. The number of hydrogen-bond donors (Lipinski definition) is 3. The molecular weight excluding hydrogens is 406 g/mol. The predicted octanol–water partition coefficient (Wildman–Crippen LogP) is 4.88. The van der Waals surface area contributed by atoms with Crippen molar-refractivity contribution >= 4 is 29.2 Å². The molecular formula is C25H35N3O4. The maximum Gasteiger partial charge on any atom is 0.307 e. The van der Waals surface area contributed by atoms with Gasteiger partial charge in [0, 0.05) is 12.1 Å². The van der Waals surface area contributed by atoms with Crippen LogP contribution in [0, 0.1) is 11.8 Å². The van der Waals surface area contributed by atoms with Crippen LogP contribution in [0.25, 0.3) is 0 Å².